The van der Waals surface area contributed by atoms with Crippen molar-refractivity contribution in [3.8, 4) is 0 Å². The zero-order valence-corrected chi connectivity index (χ0v) is 22.3. The number of rotatable bonds is 7. The molecule has 0 aromatic heterocycles. The second kappa shape index (κ2) is 10.5. The molecule has 1 aromatic rings. The Morgan fingerprint density at radius 3 is 2.58 bits per heavy atom. The van der Waals surface area contributed by atoms with Crippen LogP contribution in [-0.2, 0) is 14.4 Å². The average Bonchev–Trinajstić information content (AvgIpc) is 3.21. The maximum absolute atomic E-state index is 12.4. The van der Waals surface area contributed by atoms with Crippen LogP contribution in [0.1, 0.15) is 76.9 Å². The van der Waals surface area contributed by atoms with Crippen molar-refractivity contribution in [2.45, 2.75) is 83.5 Å². The van der Waals surface area contributed by atoms with Crippen molar-refractivity contribution in [3.63, 3.8) is 0 Å². The van der Waals surface area contributed by atoms with Gasteiger partial charge in [-0.15, -0.1) is 0 Å². The van der Waals surface area contributed by atoms with E-state index in [4.69, 9.17) is 4.84 Å². The first-order valence-electron chi connectivity index (χ1n) is 14.0. The highest BCUT2D eigenvalue weighted by atomic mass is 16.6. The molecule has 0 bridgehead atoms. The van der Waals surface area contributed by atoms with Gasteiger partial charge in [0.25, 0.3) is 5.91 Å². The molecule has 5 rings (SSSR count). The largest absolute Gasteiger partial charge is 0.480 e. The lowest BCUT2D eigenvalue weighted by Crippen LogP contribution is -2.51. The molecule has 38 heavy (non-hydrogen) atoms. The third-order valence-corrected chi connectivity index (χ3v) is 10.3. The number of benzene rings is 1. The van der Waals surface area contributed by atoms with Crippen molar-refractivity contribution in [2.75, 3.05) is 6.61 Å². The molecule has 3 saturated carbocycles. The van der Waals surface area contributed by atoms with E-state index in [9.17, 15) is 24.9 Å². The van der Waals surface area contributed by atoms with E-state index >= 15 is 0 Å². The van der Waals surface area contributed by atoms with Crippen LogP contribution in [0.5, 0.6) is 0 Å². The summed E-state index contributed by atoms with van der Waals surface area (Å²) in [5.41, 5.74) is 2.83. The molecular weight excluding hydrogens is 484 g/mol. The predicted octanol–water partition coefficient (Wildman–Crippen LogP) is 3.99. The topological polar surface area (TPSA) is 128 Å². The van der Waals surface area contributed by atoms with Crippen LogP contribution in [0.4, 0.5) is 0 Å². The number of amides is 1. The number of oxime groups is 1. The zero-order valence-electron chi connectivity index (χ0n) is 22.3. The van der Waals surface area contributed by atoms with E-state index in [1.54, 1.807) is 30.3 Å². The van der Waals surface area contributed by atoms with E-state index in [-0.39, 0.29) is 16.9 Å². The van der Waals surface area contributed by atoms with Crippen molar-refractivity contribution in [3.05, 3.63) is 47.5 Å². The molecule has 0 aliphatic heterocycles. The molecule has 206 valence electrons. The second-order valence-electron chi connectivity index (χ2n) is 12.2. The maximum Gasteiger partial charge on any atom is 0.329 e. The molecule has 4 aliphatic rings. The van der Waals surface area contributed by atoms with E-state index in [0.29, 0.717) is 23.3 Å². The summed E-state index contributed by atoms with van der Waals surface area (Å²) in [6.45, 7) is 4.28. The number of nitrogens with zero attached hydrogens (tertiary/aromatic N) is 1. The number of carbonyl (C=O) groups excluding carboxylic acids is 1. The van der Waals surface area contributed by atoms with Gasteiger partial charge >= 0.3 is 5.97 Å². The number of carboxylic acids is 1. The molecule has 8 atom stereocenters. The SMILES string of the molecule is C[C@]12CC[C@H]3[C@@H](CCC4=C/C(=N/OCC(=O)N[C@H](C(=O)O)[C@H](O)c5ccccc5)CC[C@@]43C)[C@@H]1CC[C@@H]2O. The number of aliphatic hydroxyl groups is 2. The number of hydrogen-bond acceptors (Lipinski definition) is 6. The first-order valence-corrected chi connectivity index (χ1v) is 14.0. The van der Waals surface area contributed by atoms with Crippen molar-refractivity contribution >= 4 is 17.6 Å². The van der Waals surface area contributed by atoms with Gasteiger partial charge in [-0.2, -0.15) is 0 Å². The highest BCUT2D eigenvalue weighted by molar-refractivity contribution is 5.96. The second-order valence-corrected chi connectivity index (χ2v) is 12.2. The Morgan fingerprint density at radius 2 is 1.84 bits per heavy atom. The smallest absolute Gasteiger partial charge is 0.329 e. The predicted molar refractivity (Wildman–Crippen MR) is 142 cm³/mol. The van der Waals surface area contributed by atoms with Crippen LogP contribution in [0.3, 0.4) is 0 Å². The van der Waals surface area contributed by atoms with Crippen LogP contribution in [0.2, 0.25) is 0 Å². The normalized spacial score (nSPS) is 36.7. The highest BCUT2D eigenvalue weighted by Gasteiger charge is 2.58. The number of fused-ring (bicyclic) bond motifs is 5. The summed E-state index contributed by atoms with van der Waals surface area (Å²) in [7, 11) is 0. The Kier molecular flexibility index (Phi) is 7.40. The van der Waals surface area contributed by atoms with Gasteiger partial charge in [0.05, 0.1) is 11.8 Å². The lowest BCUT2D eigenvalue weighted by atomic mass is 9.47. The number of aliphatic carboxylic acids is 1. The van der Waals surface area contributed by atoms with E-state index in [2.05, 4.69) is 30.4 Å². The summed E-state index contributed by atoms with van der Waals surface area (Å²) in [6, 6.07) is 6.87. The van der Waals surface area contributed by atoms with Gasteiger partial charge in [-0.1, -0.05) is 54.9 Å². The number of aliphatic hydroxyl groups excluding tert-OH is 2. The van der Waals surface area contributed by atoms with Crippen molar-refractivity contribution in [1.82, 2.24) is 5.32 Å². The fourth-order valence-electron chi connectivity index (χ4n) is 8.12. The molecule has 0 saturated heterocycles. The summed E-state index contributed by atoms with van der Waals surface area (Å²) in [5.74, 6) is -0.0813. The highest BCUT2D eigenvalue weighted by Crippen LogP contribution is 2.65. The van der Waals surface area contributed by atoms with Crippen molar-refractivity contribution in [1.29, 1.82) is 0 Å². The van der Waals surface area contributed by atoms with Crippen LogP contribution in [0.15, 0.2) is 47.1 Å². The minimum atomic E-state index is -1.49. The summed E-state index contributed by atoms with van der Waals surface area (Å²) >= 11 is 0. The molecule has 3 fully saturated rings. The van der Waals surface area contributed by atoms with Gasteiger partial charge < -0.3 is 25.5 Å². The molecule has 4 aliphatic carbocycles. The first kappa shape index (κ1) is 26.9. The third-order valence-electron chi connectivity index (χ3n) is 10.3. The van der Waals surface area contributed by atoms with E-state index in [1.807, 2.05) is 0 Å². The van der Waals surface area contributed by atoms with Crippen LogP contribution in [-0.4, -0.2) is 51.7 Å². The molecular formula is C30H40N2O6. The molecule has 1 amide bonds. The minimum Gasteiger partial charge on any atom is -0.480 e. The van der Waals surface area contributed by atoms with E-state index in [0.717, 1.165) is 57.1 Å². The molecule has 0 radical (unpaired) electrons. The number of carbonyl (C=O) groups is 2. The van der Waals surface area contributed by atoms with Gasteiger partial charge in [0, 0.05) is 0 Å². The summed E-state index contributed by atoms with van der Waals surface area (Å²) in [5, 5.41) is 37.2. The van der Waals surface area contributed by atoms with Crippen molar-refractivity contribution in [2.24, 2.45) is 33.7 Å². The van der Waals surface area contributed by atoms with Gasteiger partial charge in [-0.25, -0.2) is 4.79 Å². The molecule has 0 spiro atoms. The molecule has 4 N–H and O–H groups in total. The van der Waals surface area contributed by atoms with Crippen LogP contribution < -0.4 is 5.32 Å². The standard InChI is InChI=1S/C30H40N2O6/c1-29-14-12-20(16-19(29)8-9-21-22-10-11-24(33)30(22,2)15-13-23(21)29)32-38-17-25(34)31-26(28(36)37)27(35)18-6-4-3-5-7-18/h3-7,16,21-24,26-27,33,35H,8-15,17H2,1-2H3,(H,31,34)(H,36,37)/b32-20+/t21-,22-,23-,24-,26-,27+,29-,30-/m0/s1. The number of nitrogens with one attached hydrogen (secondary N) is 1. The Bertz CT molecular complexity index is 1120. The van der Waals surface area contributed by atoms with E-state index in [1.165, 1.54) is 5.57 Å². The fourth-order valence-corrected chi connectivity index (χ4v) is 8.12. The zero-order chi connectivity index (χ0) is 27.1. The third kappa shape index (κ3) is 4.77. The number of hydrogen-bond donors (Lipinski definition) is 4. The van der Waals surface area contributed by atoms with Gasteiger partial charge in [-0.3, -0.25) is 4.79 Å². The quantitative estimate of drug-likeness (QED) is 0.400. The Labute approximate surface area is 224 Å². The van der Waals surface area contributed by atoms with Gasteiger partial charge in [-0.05, 0) is 91.6 Å². The van der Waals surface area contributed by atoms with Crippen LogP contribution >= 0.6 is 0 Å². The van der Waals surface area contributed by atoms with Gasteiger partial charge in [0.15, 0.2) is 12.6 Å². The van der Waals surface area contributed by atoms with Gasteiger partial charge in [0.2, 0.25) is 0 Å². The molecule has 0 unspecified atom stereocenters. The first-order chi connectivity index (χ1) is 18.1. The fraction of sp³-hybridized carbons (Fsp3) is 0.633. The number of carboxylic acid groups (broad SMARTS) is 1. The Hall–Kier alpha value is -2.71. The Morgan fingerprint density at radius 1 is 1.08 bits per heavy atom. The average molecular weight is 525 g/mol. The molecule has 8 nitrogen and oxygen atoms in total. The maximum atomic E-state index is 12.4. The van der Waals surface area contributed by atoms with Gasteiger partial charge in [0.1, 0.15) is 6.10 Å². The summed E-state index contributed by atoms with van der Waals surface area (Å²) in [4.78, 5) is 29.4. The lowest BCUT2D eigenvalue weighted by molar-refractivity contribution is -0.146. The van der Waals surface area contributed by atoms with E-state index < -0.39 is 30.6 Å². The summed E-state index contributed by atoms with van der Waals surface area (Å²) < 4.78 is 0. The van der Waals surface area contributed by atoms with Crippen LogP contribution in [0, 0.1) is 28.6 Å². The molecule has 0 heterocycles. The Balaban J connectivity index is 1.19. The minimum absolute atomic E-state index is 0.0746. The van der Waals surface area contributed by atoms with Crippen molar-refractivity contribution < 1.29 is 29.7 Å². The molecule has 8 heteroatoms. The summed E-state index contributed by atoms with van der Waals surface area (Å²) in [6.07, 6.45) is 8.86. The lowest BCUT2D eigenvalue weighted by Gasteiger charge is -2.57. The van der Waals surface area contributed by atoms with Crippen LogP contribution in [0.25, 0.3) is 0 Å². The number of allylic oxidation sites excluding steroid dienone is 2. The monoisotopic (exact) mass is 524 g/mol. The molecule has 1 aromatic carbocycles.